The number of rotatable bonds is 6. The van der Waals surface area contributed by atoms with E-state index in [1.807, 2.05) is 25.1 Å². The van der Waals surface area contributed by atoms with Crippen molar-refractivity contribution in [1.82, 2.24) is 0 Å². The minimum Gasteiger partial charge on any atom is -0.447 e. The van der Waals surface area contributed by atoms with Gasteiger partial charge in [-0.3, -0.25) is 9.59 Å². The van der Waals surface area contributed by atoms with Crippen LogP contribution in [0.15, 0.2) is 78.9 Å². The minimum atomic E-state index is -1.11. The highest BCUT2D eigenvalue weighted by atomic mass is 19.1. The summed E-state index contributed by atoms with van der Waals surface area (Å²) in [6.07, 6.45) is -1.23. The van der Waals surface area contributed by atoms with Crippen molar-refractivity contribution < 1.29 is 18.7 Å². The molecule has 1 amide bonds. The fraction of sp³-hybridized carbons (Fsp3) is 0.130. The molecule has 0 heterocycles. The molecule has 5 heteroatoms. The summed E-state index contributed by atoms with van der Waals surface area (Å²) in [4.78, 5) is 25.2. The first-order valence-electron chi connectivity index (χ1n) is 8.87. The molecule has 0 spiro atoms. The second-order valence-electron chi connectivity index (χ2n) is 6.44. The average molecular weight is 377 g/mol. The first-order chi connectivity index (χ1) is 13.5. The Morgan fingerprint density at radius 3 is 2.36 bits per heavy atom. The van der Waals surface area contributed by atoms with Gasteiger partial charge >= 0.3 is 5.97 Å². The number of esters is 1. The number of anilines is 1. The van der Waals surface area contributed by atoms with E-state index in [-0.39, 0.29) is 6.42 Å². The highest BCUT2D eigenvalue weighted by Gasteiger charge is 2.25. The lowest BCUT2D eigenvalue weighted by atomic mass is 10.1. The van der Waals surface area contributed by atoms with E-state index in [1.54, 1.807) is 42.5 Å². The van der Waals surface area contributed by atoms with E-state index in [2.05, 4.69) is 5.32 Å². The molecular formula is C23H20FNO3. The van der Waals surface area contributed by atoms with E-state index in [0.717, 1.165) is 5.56 Å². The molecule has 4 nitrogen and oxygen atoms in total. The molecule has 3 rings (SSSR count). The SMILES string of the molecule is Cc1ccc(NC(=O)[C@H](OC(=O)Cc2cccc(F)c2)c2ccccc2)cc1. The van der Waals surface area contributed by atoms with Gasteiger partial charge in [0, 0.05) is 11.3 Å². The van der Waals surface area contributed by atoms with Crippen LogP contribution in [0.3, 0.4) is 0 Å². The van der Waals surface area contributed by atoms with E-state index in [0.29, 0.717) is 16.8 Å². The zero-order valence-electron chi connectivity index (χ0n) is 15.4. The molecule has 0 aromatic heterocycles. The van der Waals surface area contributed by atoms with Crippen LogP contribution >= 0.6 is 0 Å². The van der Waals surface area contributed by atoms with Gasteiger partial charge < -0.3 is 10.1 Å². The van der Waals surface area contributed by atoms with Gasteiger partial charge in [-0.25, -0.2) is 4.39 Å². The van der Waals surface area contributed by atoms with Crippen LogP contribution in [0.25, 0.3) is 0 Å². The summed E-state index contributed by atoms with van der Waals surface area (Å²) in [5, 5.41) is 2.77. The number of ether oxygens (including phenoxy) is 1. The second-order valence-corrected chi connectivity index (χ2v) is 6.44. The number of aryl methyl sites for hydroxylation is 1. The Hall–Kier alpha value is -3.47. The second kappa shape index (κ2) is 8.95. The van der Waals surface area contributed by atoms with Crippen molar-refractivity contribution in [3.63, 3.8) is 0 Å². The summed E-state index contributed by atoms with van der Waals surface area (Å²) < 4.78 is 18.8. The molecule has 1 atom stereocenters. The van der Waals surface area contributed by atoms with Crippen LogP contribution in [0.1, 0.15) is 22.8 Å². The lowest BCUT2D eigenvalue weighted by Crippen LogP contribution is -2.26. The molecular weight excluding hydrogens is 357 g/mol. The van der Waals surface area contributed by atoms with Crippen LogP contribution in [-0.4, -0.2) is 11.9 Å². The van der Waals surface area contributed by atoms with Crippen molar-refractivity contribution in [2.24, 2.45) is 0 Å². The molecule has 0 aliphatic carbocycles. The zero-order valence-corrected chi connectivity index (χ0v) is 15.4. The maximum atomic E-state index is 13.3. The van der Waals surface area contributed by atoms with Gasteiger partial charge in [0.1, 0.15) is 5.82 Å². The Morgan fingerprint density at radius 1 is 0.964 bits per heavy atom. The third kappa shape index (κ3) is 5.27. The van der Waals surface area contributed by atoms with Crippen LogP contribution < -0.4 is 5.32 Å². The normalized spacial score (nSPS) is 11.5. The fourth-order valence-corrected chi connectivity index (χ4v) is 2.73. The summed E-state index contributed by atoms with van der Waals surface area (Å²) >= 11 is 0. The molecule has 28 heavy (non-hydrogen) atoms. The zero-order chi connectivity index (χ0) is 19.9. The number of nitrogens with one attached hydrogen (secondary N) is 1. The van der Waals surface area contributed by atoms with Crippen LogP contribution in [0.5, 0.6) is 0 Å². The molecule has 0 fully saturated rings. The smallest absolute Gasteiger partial charge is 0.311 e. The Morgan fingerprint density at radius 2 is 1.68 bits per heavy atom. The summed E-state index contributed by atoms with van der Waals surface area (Å²) in [6, 6.07) is 21.8. The quantitative estimate of drug-likeness (QED) is 0.639. The Bertz CT molecular complexity index is 955. The summed E-state index contributed by atoms with van der Waals surface area (Å²) in [7, 11) is 0. The highest BCUT2D eigenvalue weighted by Crippen LogP contribution is 2.21. The van der Waals surface area contributed by atoms with Gasteiger partial charge in [-0.1, -0.05) is 60.2 Å². The number of carbonyl (C=O) groups is 2. The van der Waals surface area contributed by atoms with Gasteiger partial charge in [0.15, 0.2) is 0 Å². The highest BCUT2D eigenvalue weighted by molar-refractivity contribution is 5.96. The van der Waals surface area contributed by atoms with Crippen LogP contribution in [0.4, 0.5) is 10.1 Å². The fourth-order valence-electron chi connectivity index (χ4n) is 2.73. The van der Waals surface area contributed by atoms with Gasteiger partial charge in [-0.05, 0) is 36.8 Å². The molecule has 3 aromatic carbocycles. The van der Waals surface area contributed by atoms with Crippen LogP contribution in [0, 0.1) is 12.7 Å². The first-order valence-corrected chi connectivity index (χ1v) is 8.87. The lowest BCUT2D eigenvalue weighted by Gasteiger charge is -2.18. The molecule has 0 aliphatic heterocycles. The number of benzene rings is 3. The molecule has 0 saturated heterocycles. The molecule has 0 bridgehead atoms. The van der Waals surface area contributed by atoms with E-state index >= 15 is 0 Å². The van der Waals surface area contributed by atoms with Crippen molar-refractivity contribution in [2.75, 3.05) is 5.32 Å². The van der Waals surface area contributed by atoms with Gasteiger partial charge in [0.05, 0.1) is 6.42 Å². The predicted octanol–water partition coefficient (Wildman–Crippen LogP) is 4.60. The van der Waals surface area contributed by atoms with Gasteiger partial charge in [-0.15, -0.1) is 0 Å². The van der Waals surface area contributed by atoms with E-state index in [4.69, 9.17) is 4.74 Å². The predicted molar refractivity (Wildman–Crippen MR) is 105 cm³/mol. The van der Waals surface area contributed by atoms with E-state index < -0.39 is 23.8 Å². The summed E-state index contributed by atoms with van der Waals surface area (Å²) in [6.45, 7) is 1.95. The van der Waals surface area contributed by atoms with Gasteiger partial charge in [0.25, 0.3) is 5.91 Å². The maximum absolute atomic E-state index is 13.3. The lowest BCUT2D eigenvalue weighted by molar-refractivity contribution is -0.154. The minimum absolute atomic E-state index is 0.126. The summed E-state index contributed by atoms with van der Waals surface area (Å²) in [5.74, 6) is -1.50. The Labute approximate surface area is 163 Å². The topological polar surface area (TPSA) is 55.4 Å². The van der Waals surface area contributed by atoms with Crippen LogP contribution in [0.2, 0.25) is 0 Å². The standard InChI is InChI=1S/C23H20FNO3/c1-16-10-12-20(13-11-16)25-23(27)22(18-7-3-2-4-8-18)28-21(26)15-17-6-5-9-19(24)14-17/h2-14,22H,15H2,1H3,(H,25,27)/t22-/m1/s1. The number of hydrogen-bond acceptors (Lipinski definition) is 3. The van der Waals surface area contributed by atoms with Crippen molar-refractivity contribution in [1.29, 1.82) is 0 Å². The third-order valence-corrected chi connectivity index (χ3v) is 4.15. The molecule has 0 aliphatic rings. The maximum Gasteiger partial charge on any atom is 0.311 e. The molecule has 0 saturated carbocycles. The van der Waals surface area contributed by atoms with Crippen molar-refractivity contribution >= 4 is 17.6 Å². The van der Waals surface area contributed by atoms with Crippen molar-refractivity contribution in [3.8, 4) is 0 Å². The third-order valence-electron chi connectivity index (χ3n) is 4.15. The van der Waals surface area contributed by atoms with Crippen molar-refractivity contribution in [2.45, 2.75) is 19.4 Å². The molecule has 142 valence electrons. The number of amides is 1. The molecule has 0 radical (unpaired) electrons. The molecule has 1 N–H and O–H groups in total. The monoisotopic (exact) mass is 377 g/mol. The number of halogens is 1. The Balaban J connectivity index is 1.76. The van der Waals surface area contributed by atoms with Gasteiger partial charge in [-0.2, -0.15) is 0 Å². The van der Waals surface area contributed by atoms with E-state index in [1.165, 1.54) is 18.2 Å². The number of hydrogen-bond donors (Lipinski definition) is 1. The van der Waals surface area contributed by atoms with Crippen molar-refractivity contribution in [3.05, 3.63) is 101 Å². The Kier molecular flexibility index (Phi) is 6.17. The summed E-state index contributed by atoms with van der Waals surface area (Å²) in [5.41, 5.74) is 2.72. The van der Waals surface area contributed by atoms with Gasteiger partial charge in [0.2, 0.25) is 6.10 Å². The molecule has 0 unspecified atom stereocenters. The molecule has 3 aromatic rings. The van der Waals surface area contributed by atoms with Crippen LogP contribution in [-0.2, 0) is 20.7 Å². The number of carbonyl (C=O) groups excluding carboxylic acids is 2. The first kappa shape index (κ1) is 19.3. The largest absolute Gasteiger partial charge is 0.447 e. The van der Waals surface area contributed by atoms with E-state index in [9.17, 15) is 14.0 Å². The average Bonchev–Trinajstić information content (AvgIpc) is 2.68.